The van der Waals surface area contributed by atoms with E-state index in [2.05, 4.69) is 28.7 Å². The summed E-state index contributed by atoms with van der Waals surface area (Å²) in [5.74, 6) is -0.788. The third-order valence-electron chi connectivity index (χ3n) is 4.65. The highest BCUT2D eigenvalue weighted by molar-refractivity contribution is 5.87. The van der Waals surface area contributed by atoms with Gasteiger partial charge >= 0.3 is 18.0 Å². The number of hydrogen-bond donors (Lipinski definition) is 1. The summed E-state index contributed by atoms with van der Waals surface area (Å²) < 4.78 is 15.6. The fourth-order valence-corrected chi connectivity index (χ4v) is 2.87. The van der Waals surface area contributed by atoms with Crippen LogP contribution >= 0.6 is 0 Å². The van der Waals surface area contributed by atoms with Gasteiger partial charge in [-0.15, -0.1) is 15.0 Å². The Hall–Kier alpha value is -4.47. The molecule has 0 spiro atoms. The predicted molar refractivity (Wildman–Crippen MR) is 128 cm³/mol. The second-order valence-electron chi connectivity index (χ2n) is 7.68. The van der Waals surface area contributed by atoms with Crippen LogP contribution in [0.3, 0.4) is 0 Å². The summed E-state index contributed by atoms with van der Waals surface area (Å²) in [6.07, 6.45) is -0.314. The molecule has 0 unspecified atom stereocenters. The topological polar surface area (TPSA) is 122 Å². The molecule has 0 aliphatic heterocycles. The Kier molecular flexibility index (Phi) is 8.33. The molecular formula is C25H26N4O6. The number of benzene rings is 2. The molecule has 3 rings (SSSR count). The van der Waals surface area contributed by atoms with Crippen LogP contribution in [0.5, 0.6) is 5.75 Å². The molecule has 0 saturated heterocycles. The number of esters is 2. The second-order valence-corrected chi connectivity index (χ2v) is 7.68. The molecule has 3 aromatic rings. The van der Waals surface area contributed by atoms with Crippen molar-refractivity contribution < 1.29 is 28.6 Å². The van der Waals surface area contributed by atoms with E-state index in [1.54, 1.807) is 25.1 Å². The van der Waals surface area contributed by atoms with E-state index in [1.165, 1.54) is 11.7 Å². The first kappa shape index (κ1) is 25.2. The summed E-state index contributed by atoms with van der Waals surface area (Å²) in [7, 11) is 0. The van der Waals surface area contributed by atoms with Crippen molar-refractivity contribution in [1.82, 2.24) is 20.3 Å². The monoisotopic (exact) mass is 478 g/mol. The fourth-order valence-electron chi connectivity index (χ4n) is 2.87. The van der Waals surface area contributed by atoms with E-state index >= 15 is 0 Å². The minimum absolute atomic E-state index is 0.0262. The van der Waals surface area contributed by atoms with Gasteiger partial charge in [0.15, 0.2) is 5.75 Å². The van der Waals surface area contributed by atoms with Crippen LogP contribution in [0.2, 0.25) is 0 Å². The highest BCUT2D eigenvalue weighted by Gasteiger charge is 2.15. The summed E-state index contributed by atoms with van der Waals surface area (Å²) in [5.41, 5.74) is 3.17. The molecule has 1 N–H and O–H groups in total. The number of rotatable bonds is 10. The summed E-state index contributed by atoms with van der Waals surface area (Å²) in [4.78, 5) is 36.8. The lowest BCUT2D eigenvalue weighted by Gasteiger charge is -2.12. The molecule has 0 aliphatic carbocycles. The van der Waals surface area contributed by atoms with Gasteiger partial charge in [-0.25, -0.2) is 14.4 Å². The van der Waals surface area contributed by atoms with Crippen LogP contribution in [0.1, 0.15) is 19.4 Å². The number of ether oxygens (including phenoxy) is 3. The number of carbonyl (C=O) groups is 3. The predicted octanol–water partition coefficient (Wildman–Crippen LogP) is 3.29. The van der Waals surface area contributed by atoms with E-state index in [0.717, 1.165) is 5.56 Å². The molecule has 0 atom stereocenters. The Morgan fingerprint density at radius 1 is 0.914 bits per heavy atom. The Morgan fingerprint density at radius 2 is 1.51 bits per heavy atom. The molecule has 2 aromatic carbocycles. The molecule has 1 heterocycles. The van der Waals surface area contributed by atoms with Gasteiger partial charge in [0, 0.05) is 17.6 Å². The van der Waals surface area contributed by atoms with E-state index in [1.807, 2.05) is 24.3 Å². The molecule has 1 aromatic heterocycles. The van der Waals surface area contributed by atoms with E-state index < -0.39 is 18.0 Å². The first-order valence-corrected chi connectivity index (χ1v) is 10.8. The molecule has 0 saturated carbocycles. The summed E-state index contributed by atoms with van der Waals surface area (Å²) >= 11 is 0. The number of nitrogens with zero attached hydrogens (tertiary/aromatic N) is 3. The Labute approximate surface area is 202 Å². The smallest absolute Gasteiger partial charge is 0.412 e. The van der Waals surface area contributed by atoms with Crippen LogP contribution in [-0.4, -0.2) is 52.8 Å². The fraction of sp³-hybridized carbons (Fsp3) is 0.240. The third kappa shape index (κ3) is 7.00. The minimum atomic E-state index is -0.738. The van der Waals surface area contributed by atoms with Gasteiger partial charge in [-0.2, -0.15) is 0 Å². The minimum Gasteiger partial charge on any atom is -0.462 e. The summed E-state index contributed by atoms with van der Waals surface area (Å²) in [6, 6.07) is 12.4. The molecule has 0 aliphatic rings. The van der Waals surface area contributed by atoms with Crippen molar-refractivity contribution in [3.63, 3.8) is 0 Å². The second kappa shape index (κ2) is 11.6. The average molecular weight is 479 g/mol. The van der Waals surface area contributed by atoms with Crippen molar-refractivity contribution in [1.29, 1.82) is 0 Å². The number of nitrogens with one attached hydrogen (secondary N) is 1. The lowest BCUT2D eigenvalue weighted by atomic mass is 10.1. The van der Waals surface area contributed by atoms with Gasteiger partial charge < -0.3 is 19.5 Å². The van der Waals surface area contributed by atoms with Crippen molar-refractivity contribution in [2.45, 2.75) is 20.3 Å². The van der Waals surface area contributed by atoms with Gasteiger partial charge in [-0.1, -0.05) is 31.4 Å². The zero-order valence-electron chi connectivity index (χ0n) is 19.6. The third-order valence-corrected chi connectivity index (χ3v) is 4.65. The number of hydrogen-bond acceptors (Lipinski definition) is 8. The lowest BCUT2D eigenvalue weighted by molar-refractivity contribution is -0.139. The van der Waals surface area contributed by atoms with Crippen molar-refractivity contribution in [3.8, 4) is 11.4 Å². The van der Waals surface area contributed by atoms with Gasteiger partial charge in [-0.3, -0.25) is 0 Å². The van der Waals surface area contributed by atoms with Crippen LogP contribution in [0.15, 0.2) is 66.8 Å². The zero-order chi connectivity index (χ0) is 25.4. The maximum Gasteiger partial charge on any atom is 0.412 e. The molecule has 35 heavy (non-hydrogen) atoms. The highest BCUT2D eigenvalue weighted by Crippen LogP contribution is 2.25. The van der Waals surface area contributed by atoms with Gasteiger partial charge in [0.25, 0.3) is 0 Å². The number of fused-ring (bicyclic) bond motifs is 1. The largest absolute Gasteiger partial charge is 0.462 e. The Balaban J connectivity index is 1.74. The number of aromatic nitrogens is 3. The van der Waals surface area contributed by atoms with Crippen LogP contribution in [0.4, 0.5) is 4.79 Å². The van der Waals surface area contributed by atoms with E-state index in [0.29, 0.717) is 28.7 Å². The summed E-state index contributed by atoms with van der Waals surface area (Å²) in [6.45, 7) is 10.4. The molecule has 182 valence electrons. The number of amides is 1. The van der Waals surface area contributed by atoms with Gasteiger partial charge in [0.1, 0.15) is 23.3 Å². The van der Waals surface area contributed by atoms with Crippen molar-refractivity contribution in [2.75, 3.05) is 19.8 Å². The molecule has 0 bridgehead atoms. The maximum atomic E-state index is 12.3. The molecule has 0 radical (unpaired) electrons. The van der Waals surface area contributed by atoms with Gasteiger partial charge in [0.05, 0.1) is 13.2 Å². The van der Waals surface area contributed by atoms with Crippen LogP contribution in [-0.2, 0) is 25.5 Å². The van der Waals surface area contributed by atoms with Gasteiger partial charge in [0.2, 0.25) is 0 Å². The van der Waals surface area contributed by atoms with Crippen molar-refractivity contribution in [2.24, 2.45) is 0 Å². The van der Waals surface area contributed by atoms with Crippen LogP contribution in [0, 0.1) is 0 Å². The molecule has 10 heteroatoms. The molecular weight excluding hydrogens is 452 g/mol. The lowest BCUT2D eigenvalue weighted by Crippen LogP contribution is -2.31. The average Bonchev–Trinajstić information content (AvgIpc) is 3.26. The first-order valence-electron chi connectivity index (χ1n) is 10.8. The van der Waals surface area contributed by atoms with E-state index in [9.17, 15) is 14.4 Å². The molecule has 0 fully saturated rings. The summed E-state index contributed by atoms with van der Waals surface area (Å²) in [5, 5.41) is 11.5. The number of carbonyl (C=O) groups excluding carboxylic acids is 3. The van der Waals surface area contributed by atoms with Crippen LogP contribution in [0.25, 0.3) is 16.7 Å². The quantitative estimate of drug-likeness (QED) is 0.268. The Bertz CT molecular complexity index is 1250. The van der Waals surface area contributed by atoms with Crippen molar-refractivity contribution in [3.05, 3.63) is 72.3 Å². The normalized spacial score (nSPS) is 10.5. The first-order chi connectivity index (χ1) is 16.7. The molecule has 1 amide bonds. The van der Waals surface area contributed by atoms with E-state index in [4.69, 9.17) is 14.2 Å². The molecule has 10 nitrogen and oxygen atoms in total. The SMILES string of the molecule is C=C(C)C(=O)OCCNC(=O)Oc1ccc(CCOC(=O)C(=C)C)cc1-n1nc2ccccc2n1. The van der Waals surface area contributed by atoms with Gasteiger partial charge in [-0.05, 0) is 43.7 Å². The van der Waals surface area contributed by atoms with E-state index in [-0.39, 0.29) is 31.1 Å². The van der Waals surface area contributed by atoms with Crippen LogP contribution < -0.4 is 10.1 Å². The zero-order valence-corrected chi connectivity index (χ0v) is 19.6. The Morgan fingerprint density at radius 3 is 2.11 bits per heavy atom. The van der Waals surface area contributed by atoms with Crippen molar-refractivity contribution >= 4 is 29.1 Å². The standard InChI is InChI=1S/C25H26N4O6/c1-16(2)23(30)33-13-11-18-9-10-22(35-25(32)26-12-14-34-24(31)17(3)4)21(15-18)29-27-19-7-5-6-8-20(19)28-29/h5-10,15H,1,3,11-14H2,2,4H3,(H,26,32). The maximum absolute atomic E-state index is 12.3. The highest BCUT2D eigenvalue weighted by atomic mass is 16.6.